The maximum absolute atomic E-state index is 12.2. The summed E-state index contributed by atoms with van der Waals surface area (Å²) >= 11 is 0. The van der Waals surface area contributed by atoms with Crippen molar-refractivity contribution in [3.8, 4) is 0 Å². The van der Waals surface area contributed by atoms with Crippen LogP contribution in [0.3, 0.4) is 0 Å². The number of amides is 1. The molecule has 0 saturated carbocycles. The highest BCUT2D eigenvalue weighted by molar-refractivity contribution is 6.05. The van der Waals surface area contributed by atoms with Crippen molar-refractivity contribution in [3.63, 3.8) is 0 Å². The lowest BCUT2D eigenvalue weighted by molar-refractivity contribution is -0.119. The molecule has 0 aliphatic carbocycles. The van der Waals surface area contributed by atoms with Crippen LogP contribution < -0.4 is 10.2 Å². The number of nitrogens with one attached hydrogen (secondary N) is 1. The van der Waals surface area contributed by atoms with Crippen molar-refractivity contribution in [3.05, 3.63) is 23.8 Å². The van der Waals surface area contributed by atoms with E-state index in [9.17, 15) is 9.59 Å². The first kappa shape index (κ1) is 12.0. The zero-order chi connectivity index (χ0) is 13.6. The highest BCUT2D eigenvalue weighted by Gasteiger charge is 2.39. The molecule has 0 radical (unpaired) electrons. The first-order valence-corrected chi connectivity index (χ1v) is 6.53. The normalized spacial score (nSPS) is 25.3. The number of nitrogens with zero attached hydrogens (tertiary/aromatic N) is 1. The minimum Gasteiger partial charge on any atom is -0.478 e. The lowest BCUT2D eigenvalue weighted by Gasteiger charge is -2.44. The van der Waals surface area contributed by atoms with Gasteiger partial charge < -0.3 is 15.3 Å². The molecule has 2 N–H and O–H groups in total. The minimum absolute atomic E-state index is 0.0165. The highest BCUT2D eigenvalue weighted by Crippen LogP contribution is 2.38. The number of carboxylic acids is 1. The molecule has 2 heterocycles. The van der Waals surface area contributed by atoms with Gasteiger partial charge in [0.25, 0.3) is 0 Å². The van der Waals surface area contributed by atoms with Gasteiger partial charge in [-0.1, -0.05) is 6.92 Å². The van der Waals surface area contributed by atoms with Crippen molar-refractivity contribution in [2.45, 2.75) is 25.8 Å². The van der Waals surface area contributed by atoms with Crippen molar-refractivity contribution < 1.29 is 14.7 Å². The van der Waals surface area contributed by atoms with Crippen LogP contribution in [0.25, 0.3) is 0 Å². The van der Waals surface area contributed by atoms with E-state index in [4.69, 9.17) is 5.11 Å². The molecule has 2 aliphatic rings. The van der Waals surface area contributed by atoms with Crippen LogP contribution in [-0.2, 0) is 4.79 Å². The van der Waals surface area contributed by atoms with E-state index < -0.39 is 5.97 Å². The topological polar surface area (TPSA) is 69.6 Å². The molecule has 2 unspecified atom stereocenters. The third kappa shape index (κ3) is 1.85. The maximum Gasteiger partial charge on any atom is 0.335 e. The van der Waals surface area contributed by atoms with Gasteiger partial charge in [0.1, 0.15) is 6.04 Å². The number of carbonyl (C=O) groups excluding carboxylic acids is 1. The molecule has 0 spiro atoms. The molecule has 19 heavy (non-hydrogen) atoms. The van der Waals surface area contributed by atoms with Gasteiger partial charge in [-0.15, -0.1) is 0 Å². The quantitative estimate of drug-likeness (QED) is 0.809. The van der Waals surface area contributed by atoms with Crippen LogP contribution in [0.1, 0.15) is 30.1 Å². The van der Waals surface area contributed by atoms with Crippen molar-refractivity contribution in [1.29, 1.82) is 0 Å². The van der Waals surface area contributed by atoms with E-state index in [-0.39, 0.29) is 23.4 Å². The third-order valence-electron chi connectivity index (χ3n) is 4.01. The third-order valence-corrected chi connectivity index (χ3v) is 4.01. The van der Waals surface area contributed by atoms with Gasteiger partial charge in [0.2, 0.25) is 5.91 Å². The fraction of sp³-hybridized carbons (Fsp3) is 0.429. The van der Waals surface area contributed by atoms with Gasteiger partial charge in [-0.25, -0.2) is 4.79 Å². The van der Waals surface area contributed by atoms with E-state index >= 15 is 0 Å². The maximum atomic E-state index is 12.2. The lowest BCUT2D eigenvalue weighted by Crippen LogP contribution is -2.54. The van der Waals surface area contributed by atoms with Gasteiger partial charge in [0.05, 0.1) is 16.9 Å². The Morgan fingerprint density at radius 2 is 2.26 bits per heavy atom. The molecule has 1 fully saturated rings. The van der Waals surface area contributed by atoms with E-state index in [0.717, 1.165) is 25.1 Å². The molecule has 3 rings (SSSR count). The second-order valence-corrected chi connectivity index (χ2v) is 5.28. The second kappa shape index (κ2) is 4.26. The Labute approximate surface area is 111 Å². The van der Waals surface area contributed by atoms with Gasteiger partial charge in [0, 0.05) is 6.54 Å². The number of carbonyl (C=O) groups is 2. The van der Waals surface area contributed by atoms with Crippen molar-refractivity contribution in [2.75, 3.05) is 16.8 Å². The molecule has 100 valence electrons. The largest absolute Gasteiger partial charge is 0.478 e. The van der Waals surface area contributed by atoms with E-state index in [1.807, 2.05) is 0 Å². The highest BCUT2D eigenvalue weighted by atomic mass is 16.4. The average Bonchev–Trinajstić information content (AvgIpc) is 2.38. The van der Waals surface area contributed by atoms with E-state index in [2.05, 4.69) is 17.1 Å². The fourth-order valence-corrected chi connectivity index (χ4v) is 3.07. The molecule has 2 aliphatic heterocycles. The summed E-state index contributed by atoms with van der Waals surface area (Å²) in [6, 6.07) is 4.68. The Balaban J connectivity index is 2.07. The Hall–Kier alpha value is -2.04. The smallest absolute Gasteiger partial charge is 0.335 e. The summed E-state index contributed by atoms with van der Waals surface area (Å²) in [5.41, 5.74) is 1.79. The molecule has 1 amide bonds. The zero-order valence-electron chi connectivity index (χ0n) is 10.7. The van der Waals surface area contributed by atoms with Crippen molar-refractivity contribution >= 4 is 23.3 Å². The summed E-state index contributed by atoms with van der Waals surface area (Å²) in [7, 11) is 0. The van der Waals surface area contributed by atoms with Gasteiger partial charge in [0.15, 0.2) is 0 Å². The number of anilines is 2. The number of fused-ring (bicyclic) bond motifs is 3. The van der Waals surface area contributed by atoms with Gasteiger partial charge in [-0.3, -0.25) is 4.79 Å². The van der Waals surface area contributed by atoms with E-state index in [1.165, 1.54) is 6.07 Å². The molecule has 1 aromatic carbocycles. The zero-order valence-corrected chi connectivity index (χ0v) is 10.7. The Kier molecular flexibility index (Phi) is 2.69. The number of benzene rings is 1. The summed E-state index contributed by atoms with van der Waals surface area (Å²) in [6.07, 6.45) is 2.06. The summed E-state index contributed by atoms with van der Waals surface area (Å²) in [4.78, 5) is 25.3. The standard InChI is InChI=1S/C14H16N2O3/c1-8-3-2-6-16-11-7-9(14(18)19)4-5-10(11)15-13(17)12(8)16/h4-5,7-8,12H,2-3,6H2,1H3,(H,15,17)(H,18,19). The molecule has 0 bridgehead atoms. The molecule has 5 nitrogen and oxygen atoms in total. The van der Waals surface area contributed by atoms with Crippen molar-refractivity contribution in [2.24, 2.45) is 5.92 Å². The summed E-state index contributed by atoms with van der Waals surface area (Å²) < 4.78 is 0. The minimum atomic E-state index is -0.943. The first-order chi connectivity index (χ1) is 9.08. The predicted octanol–water partition coefficient (Wildman–Crippen LogP) is 1.94. The van der Waals surface area contributed by atoms with Crippen LogP contribution in [0.5, 0.6) is 0 Å². The van der Waals surface area contributed by atoms with Crippen LogP contribution in [-0.4, -0.2) is 29.6 Å². The van der Waals surface area contributed by atoms with Gasteiger partial charge >= 0.3 is 5.97 Å². The van der Waals surface area contributed by atoms with Crippen LogP contribution in [0, 0.1) is 5.92 Å². The summed E-state index contributed by atoms with van der Waals surface area (Å²) in [5.74, 6) is -0.639. The monoisotopic (exact) mass is 260 g/mol. The Bertz CT molecular complexity index is 556. The molecule has 0 aromatic heterocycles. The molecule has 1 saturated heterocycles. The fourth-order valence-electron chi connectivity index (χ4n) is 3.07. The van der Waals surface area contributed by atoms with Crippen molar-refractivity contribution in [1.82, 2.24) is 0 Å². The van der Waals surface area contributed by atoms with Gasteiger partial charge in [-0.05, 0) is 37.0 Å². The van der Waals surface area contributed by atoms with Crippen LogP contribution in [0.2, 0.25) is 0 Å². The average molecular weight is 260 g/mol. The van der Waals surface area contributed by atoms with Crippen LogP contribution >= 0.6 is 0 Å². The Morgan fingerprint density at radius 1 is 1.47 bits per heavy atom. The number of rotatable bonds is 1. The molecular formula is C14H16N2O3. The summed E-state index contributed by atoms with van der Waals surface area (Å²) in [5, 5.41) is 12.0. The number of aromatic carboxylic acids is 1. The number of hydrogen-bond donors (Lipinski definition) is 2. The number of piperidine rings is 1. The second-order valence-electron chi connectivity index (χ2n) is 5.28. The number of hydrogen-bond acceptors (Lipinski definition) is 3. The van der Waals surface area contributed by atoms with Crippen LogP contribution in [0.4, 0.5) is 11.4 Å². The SMILES string of the molecule is CC1CCCN2c3cc(C(=O)O)ccc3NC(=O)C12. The first-order valence-electron chi connectivity index (χ1n) is 6.53. The molecule has 1 aromatic rings. The van der Waals surface area contributed by atoms with Gasteiger partial charge in [-0.2, -0.15) is 0 Å². The molecule has 2 atom stereocenters. The molecule has 5 heteroatoms. The van der Waals surface area contributed by atoms with Crippen LogP contribution in [0.15, 0.2) is 18.2 Å². The Morgan fingerprint density at radius 3 is 3.00 bits per heavy atom. The lowest BCUT2D eigenvalue weighted by atomic mass is 9.88. The number of carboxylic acid groups (broad SMARTS) is 1. The molecular weight excluding hydrogens is 244 g/mol. The summed E-state index contributed by atoms with van der Waals surface area (Å²) in [6.45, 7) is 2.88. The van der Waals surface area contributed by atoms with E-state index in [1.54, 1.807) is 12.1 Å². The van der Waals surface area contributed by atoms with E-state index in [0.29, 0.717) is 5.69 Å². The predicted molar refractivity (Wildman–Crippen MR) is 71.6 cm³/mol.